The van der Waals surface area contributed by atoms with Crippen molar-refractivity contribution in [2.75, 3.05) is 7.11 Å². The highest BCUT2D eigenvalue weighted by Gasteiger charge is 1.96. The molecule has 0 aromatic heterocycles. The van der Waals surface area contributed by atoms with Crippen LogP contribution in [0, 0.1) is 0 Å². The molecule has 0 aliphatic heterocycles. The van der Waals surface area contributed by atoms with Crippen LogP contribution in [0.5, 0.6) is 0 Å². The van der Waals surface area contributed by atoms with Gasteiger partial charge in [-0.1, -0.05) is 6.58 Å². The Morgan fingerprint density at radius 1 is 1.80 bits per heavy atom. The Hall–Kier alpha value is -1.01. The van der Waals surface area contributed by atoms with Gasteiger partial charge >= 0.3 is 5.97 Å². The molecule has 56 valence electrons. The molecule has 0 saturated carbocycles. The molecule has 0 aromatic carbocycles. The van der Waals surface area contributed by atoms with E-state index in [0.717, 1.165) is 12.8 Å². The molecule has 0 rings (SSSR count). The monoisotopic (exact) mass is 140 g/mol. The molecule has 0 amide bonds. The van der Waals surface area contributed by atoms with Gasteiger partial charge in [-0.2, -0.15) is 0 Å². The van der Waals surface area contributed by atoms with Crippen LogP contribution < -0.4 is 0 Å². The van der Waals surface area contributed by atoms with Crippen LogP contribution in [-0.2, 0) is 9.53 Å². The minimum absolute atomic E-state index is 0.155. The summed E-state index contributed by atoms with van der Waals surface area (Å²) in [5.74, 6) is -0.155. The van der Waals surface area contributed by atoms with Gasteiger partial charge in [0, 0.05) is 6.42 Å². The Bertz CT molecular complexity index is 143. The smallest absolute Gasteiger partial charge is 0.305 e. The lowest BCUT2D eigenvalue weighted by molar-refractivity contribution is -0.140. The van der Waals surface area contributed by atoms with Crippen LogP contribution in [0.3, 0.4) is 0 Å². The van der Waals surface area contributed by atoms with E-state index in [1.54, 1.807) is 0 Å². The normalized spacial score (nSPS) is 8.10. The van der Waals surface area contributed by atoms with Crippen molar-refractivity contribution in [2.45, 2.75) is 19.3 Å². The van der Waals surface area contributed by atoms with Gasteiger partial charge in [0.15, 0.2) is 0 Å². The lowest BCUT2D eigenvalue weighted by Crippen LogP contribution is -1.98. The number of carbonyl (C=O) groups excluding carboxylic acids is 1. The van der Waals surface area contributed by atoms with E-state index >= 15 is 0 Å². The number of hydrogen-bond acceptors (Lipinski definition) is 2. The first kappa shape index (κ1) is 8.99. The summed E-state index contributed by atoms with van der Waals surface area (Å²) >= 11 is 0. The van der Waals surface area contributed by atoms with Crippen molar-refractivity contribution < 1.29 is 9.53 Å². The first-order chi connectivity index (χ1) is 4.81. The van der Waals surface area contributed by atoms with Crippen LogP contribution in [-0.4, -0.2) is 13.1 Å². The average molecular weight is 140 g/mol. The van der Waals surface area contributed by atoms with E-state index in [1.165, 1.54) is 7.11 Å². The van der Waals surface area contributed by atoms with E-state index in [-0.39, 0.29) is 5.97 Å². The molecular weight excluding hydrogens is 128 g/mol. The maximum absolute atomic E-state index is 10.5. The van der Waals surface area contributed by atoms with Crippen LogP contribution in [0.2, 0.25) is 0 Å². The van der Waals surface area contributed by atoms with Crippen molar-refractivity contribution in [3.8, 4) is 0 Å². The zero-order chi connectivity index (χ0) is 7.82. The number of unbranched alkanes of at least 4 members (excludes halogenated alkanes) is 1. The van der Waals surface area contributed by atoms with Crippen LogP contribution >= 0.6 is 0 Å². The molecule has 0 aliphatic rings. The van der Waals surface area contributed by atoms with Crippen molar-refractivity contribution in [3.63, 3.8) is 0 Å². The van der Waals surface area contributed by atoms with Gasteiger partial charge < -0.3 is 4.74 Å². The van der Waals surface area contributed by atoms with E-state index in [4.69, 9.17) is 0 Å². The SMILES string of the molecule is C=C=CCCCC(=O)OC. The van der Waals surface area contributed by atoms with E-state index < -0.39 is 0 Å². The highest BCUT2D eigenvalue weighted by Crippen LogP contribution is 1.96. The quantitative estimate of drug-likeness (QED) is 0.337. The summed E-state index contributed by atoms with van der Waals surface area (Å²) < 4.78 is 4.44. The third kappa shape index (κ3) is 5.13. The molecule has 0 N–H and O–H groups in total. The topological polar surface area (TPSA) is 26.3 Å². The van der Waals surface area contributed by atoms with Crippen LogP contribution in [0.15, 0.2) is 18.4 Å². The maximum Gasteiger partial charge on any atom is 0.305 e. The highest BCUT2D eigenvalue weighted by molar-refractivity contribution is 5.68. The predicted molar refractivity (Wildman–Crippen MR) is 39.6 cm³/mol. The van der Waals surface area contributed by atoms with Crippen molar-refractivity contribution >= 4 is 5.97 Å². The Balaban J connectivity index is 3.19. The Morgan fingerprint density at radius 2 is 2.50 bits per heavy atom. The van der Waals surface area contributed by atoms with Gasteiger partial charge in [-0.05, 0) is 18.9 Å². The fourth-order valence-corrected chi connectivity index (χ4v) is 0.553. The van der Waals surface area contributed by atoms with Crippen molar-refractivity contribution in [1.29, 1.82) is 0 Å². The molecule has 2 nitrogen and oxygen atoms in total. The van der Waals surface area contributed by atoms with E-state index in [0.29, 0.717) is 6.42 Å². The summed E-state index contributed by atoms with van der Waals surface area (Å²) in [4.78, 5) is 10.5. The fourth-order valence-electron chi connectivity index (χ4n) is 0.553. The molecule has 10 heavy (non-hydrogen) atoms. The van der Waals surface area contributed by atoms with Gasteiger partial charge in [-0.3, -0.25) is 4.79 Å². The van der Waals surface area contributed by atoms with E-state index in [2.05, 4.69) is 17.0 Å². The van der Waals surface area contributed by atoms with Crippen molar-refractivity contribution in [2.24, 2.45) is 0 Å². The fraction of sp³-hybridized carbons (Fsp3) is 0.500. The zero-order valence-corrected chi connectivity index (χ0v) is 6.22. The van der Waals surface area contributed by atoms with Gasteiger partial charge in [0.2, 0.25) is 0 Å². The van der Waals surface area contributed by atoms with Gasteiger partial charge in [0.1, 0.15) is 0 Å². The number of ether oxygens (including phenoxy) is 1. The molecule has 0 fully saturated rings. The number of hydrogen-bond donors (Lipinski definition) is 0. The summed E-state index contributed by atoms with van der Waals surface area (Å²) in [5.41, 5.74) is 2.63. The van der Waals surface area contributed by atoms with Gasteiger partial charge in [-0.15, -0.1) is 5.73 Å². The van der Waals surface area contributed by atoms with Gasteiger partial charge in [0.05, 0.1) is 7.11 Å². The number of esters is 1. The predicted octanol–water partition coefficient (Wildman–Crippen LogP) is 1.67. The third-order valence-corrected chi connectivity index (χ3v) is 1.10. The largest absolute Gasteiger partial charge is 0.469 e. The number of methoxy groups -OCH3 is 1. The summed E-state index contributed by atoms with van der Waals surface area (Å²) in [6.45, 7) is 3.40. The Labute approximate surface area is 61.2 Å². The number of rotatable bonds is 4. The molecule has 0 radical (unpaired) electrons. The molecule has 0 saturated heterocycles. The third-order valence-electron chi connectivity index (χ3n) is 1.10. The minimum Gasteiger partial charge on any atom is -0.469 e. The Morgan fingerprint density at radius 3 is 3.00 bits per heavy atom. The standard InChI is InChI=1S/C8H12O2/c1-3-4-5-6-7-8(9)10-2/h4H,1,5-7H2,2H3. The molecule has 0 aliphatic carbocycles. The first-order valence-corrected chi connectivity index (χ1v) is 3.22. The lowest BCUT2D eigenvalue weighted by Gasteiger charge is -1.94. The number of allylic oxidation sites excluding steroid dienone is 1. The lowest BCUT2D eigenvalue weighted by atomic mass is 10.2. The summed E-state index contributed by atoms with van der Waals surface area (Å²) in [6, 6.07) is 0. The molecule has 0 atom stereocenters. The maximum atomic E-state index is 10.5. The highest BCUT2D eigenvalue weighted by atomic mass is 16.5. The second-order valence-electron chi connectivity index (χ2n) is 1.88. The van der Waals surface area contributed by atoms with Gasteiger partial charge in [-0.25, -0.2) is 0 Å². The molecule has 0 bridgehead atoms. The summed E-state index contributed by atoms with van der Waals surface area (Å²) in [5, 5.41) is 0. The van der Waals surface area contributed by atoms with E-state index in [1.807, 2.05) is 6.08 Å². The van der Waals surface area contributed by atoms with Crippen molar-refractivity contribution in [1.82, 2.24) is 0 Å². The molecule has 0 aromatic rings. The zero-order valence-electron chi connectivity index (χ0n) is 6.22. The molecular formula is C8H12O2. The van der Waals surface area contributed by atoms with E-state index in [9.17, 15) is 4.79 Å². The molecule has 2 heteroatoms. The molecule has 0 heterocycles. The van der Waals surface area contributed by atoms with Crippen LogP contribution in [0.4, 0.5) is 0 Å². The number of carbonyl (C=O) groups is 1. The molecule has 0 unspecified atom stereocenters. The molecule has 0 spiro atoms. The minimum atomic E-state index is -0.155. The van der Waals surface area contributed by atoms with Gasteiger partial charge in [0.25, 0.3) is 0 Å². The Kier molecular flexibility index (Phi) is 5.50. The second kappa shape index (κ2) is 6.12. The average Bonchev–Trinajstić information content (AvgIpc) is 1.98. The first-order valence-electron chi connectivity index (χ1n) is 3.22. The summed E-state index contributed by atoms with van der Waals surface area (Å²) in [7, 11) is 1.39. The summed E-state index contributed by atoms with van der Waals surface area (Å²) in [6.07, 6.45) is 3.95. The second-order valence-corrected chi connectivity index (χ2v) is 1.88. The van der Waals surface area contributed by atoms with Crippen molar-refractivity contribution in [3.05, 3.63) is 18.4 Å². The van der Waals surface area contributed by atoms with Crippen LogP contribution in [0.1, 0.15) is 19.3 Å². The van der Waals surface area contributed by atoms with Crippen LogP contribution in [0.25, 0.3) is 0 Å².